The summed E-state index contributed by atoms with van der Waals surface area (Å²) in [7, 11) is 0. The van der Waals surface area contributed by atoms with Crippen LogP contribution in [-0.2, 0) is 13.0 Å². The molecule has 6 nitrogen and oxygen atoms in total. The van der Waals surface area contributed by atoms with Gasteiger partial charge < -0.3 is 5.32 Å². The van der Waals surface area contributed by atoms with Gasteiger partial charge in [0, 0.05) is 41.0 Å². The van der Waals surface area contributed by atoms with Crippen LogP contribution in [-0.4, -0.2) is 40.8 Å². The molecule has 0 radical (unpaired) electrons. The smallest absolute Gasteiger partial charge is 0.321 e. The van der Waals surface area contributed by atoms with Crippen LogP contribution < -0.4 is 10.6 Å². The average molecular weight is 393 g/mol. The predicted octanol–water partition coefficient (Wildman–Crippen LogP) is 3.57. The van der Waals surface area contributed by atoms with E-state index in [2.05, 4.69) is 20.5 Å². The zero-order valence-corrected chi connectivity index (χ0v) is 16.3. The number of hydrogen-bond acceptors (Lipinski definition) is 5. The van der Waals surface area contributed by atoms with Crippen molar-refractivity contribution in [2.45, 2.75) is 32.9 Å². The molecule has 1 aliphatic rings. The summed E-state index contributed by atoms with van der Waals surface area (Å²) >= 11 is 7.33. The van der Waals surface area contributed by atoms with Gasteiger partial charge in [-0.15, -0.1) is 11.3 Å². The molecule has 0 aliphatic carbocycles. The minimum Gasteiger partial charge on any atom is -0.336 e. The molecule has 2 amide bonds. The van der Waals surface area contributed by atoms with Crippen LogP contribution in [0.15, 0.2) is 24.3 Å². The third-order valence-electron chi connectivity index (χ3n) is 3.98. The second-order valence-electron chi connectivity index (χ2n) is 6.53. The Labute approximate surface area is 161 Å². The first-order valence-electron chi connectivity index (χ1n) is 8.48. The van der Waals surface area contributed by atoms with Crippen LogP contribution in [0.3, 0.4) is 0 Å². The van der Waals surface area contributed by atoms with Crippen molar-refractivity contribution in [1.82, 2.24) is 15.2 Å². The highest BCUT2D eigenvalue weighted by Gasteiger charge is 2.23. The first kappa shape index (κ1) is 18.8. The lowest BCUT2D eigenvalue weighted by molar-refractivity contribution is 0.0922. The molecule has 2 aromatic rings. The molecule has 2 N–H and O–H groups in total. The van der Waals surface area contributed by atoms with Gasteiger partial charge >= 0.3 is 6.03 Å². The number of amides is 2. The summed E-state index contributed by atoms with van der Waals surface area (Å²) in [5.74, 6) is 0.0734. The van der Waals surface area contributed by atoms with Crippen molar-refractivity contribution < 1.29 is 9.59 Å². The van der Waals surface area contributed by atoms with Crippen LogP contribution >= 0.6 is 22.9 Å². The van der Waals surface area contributed by atoms with Crippen molar-refractivity contribution in [2.75, 3.05) is 18.4 Å². The van der Waals surface area contributed by atoms with Crippen molar-refractivity contribution >= 4 is 39.9 Å². The minimum absolute atomic E-state index is 0.0685. The monoisotopic (exact) mass is 392 g/mol. The molecule has 0 fully saturated rings. The maximum Gasteiger partial charge on any atom is 0.321 e. The molecule has 0 spiro atoms. The second-order valence-corrected chi connectivity index (χ2v) is 8.05. The molecule has 1 aliphatic heterocycles. The van der Waals surface area contributed by atoms with Gasteiger partial charge in [0.2, 0.25) is 0 Å². The Hall–Kier alpha value is -1.96. The number of Topliss-reactive ketones (excluding diaryl/α,β-unsaturated/α-hetero) is 1. The van der Waals surface area contributed by atoms with Gasteiger partial charge in [0.15, 0.2) is 10.9 Å². The summed E-state index contributed by atoms with van der Waals surface area (Å²) in [5, 5.41) is 6.77. The fourth-order valence-electron chi connectivity index (χ4n) is 2.76. The number of benzene rings is 1. The van der Waals surface area contributed by atoms with Crippen LogP contribution in [0.25, 0.3) is 0 Å². The highest BCUT2D eigenvalue weighted by Crippen LogP contribution is 2.28. The molecular formula is C18H21ClN4O2S. The second kappa shape index (κ2) is 8.16. The standard InChI is InChI=1S/C18H21ClN4O2S/c1-11(2)20-17(25)22-18-21-14-7-8-23(10-16(14)26-18)9-15(24)12-3-5-13(19)6-4-12/h3-6,11H,7-10H2,1-2H3,(H2,20,21,22,25). The Morgan fingerprint density at radius 2 is 2.04 bits per heavy atom. The van der Waals surface area contributed by atoms with E-state index < -0.39 is 0 Å². The van der Waals surface area contributed by atoms with Gasteiger partial charge in [0.1, 0.15) is 0 Å². The number of nitrogens with one attached hydrogen (secondary N) is 2. The highest BCUT2D eigenvalue weighted by atomic mass is 35.5. The molecule has 0 saturated heterocycles. The summed E-state index contributed by atoms with van der Waals surface area (Å²) in [6.07, 6.45) is 0.771. The lowest BCUT2D eigenvalue weighted by Crippen LogP contribution is -2.34. The third-order valence-corrected chi connectivity index (χ3v) is 5.23. The number of halogens is 1. The average Bonchev–Trinajstić information content (AvgIpc) is 2.95. The number of urea groups is 1. The van der Waals surface area contributed by atoms with Crippen LogP contribution in [0.2, 0.25) is 5.02 Å². The zero-order valence-electron chi connectivity index (χ0n) is 14.7. The molecular weight excluding hydrogens is 372 g/mol. The Balaban J connectivity index is 1.60. The van der Waals surface area contributed by atoms with Crippen LogP contribution in [0.1, 0.15) is 34.8 Å². The SMILES string of the molecule is CC(C)NC(=O)Nc1nc2c(s1)CN(CC(=O)c1ccc(Cl)cc1)CC2. The largest absolute Gasteiger partial charge is 0.336 e. The molecule has 3 rings (SSSR count). The number of aromatic nitrogens is 1. The van der Waals surface area contributed by atoms with Crippen LogP contribution in [0.4, 0.5) is 9.93 Å². The molecule has 0 atom stereocenters. The van der Waals surface area contributed by atoms with Gasteiger partial charge in [-0.3, -0.25) is 15.0 Å². The first-order valence-corrected chi connectivity index (χ1v) is 9.67. The quantitative estimate of drug-likeness (QED) is 0.763. The molecule has 8 heteroatoms. The maximum absolute atomic E-state index is 12.4. The summed E-state index contributed by atoms with van der Waals surface area (Å²) in [4.78, 5) is 31.9. The van der Waals surface area contributed by atoms with Gasteiger partial charge in [0.05, 0.1) is 12.2 Å². The van der Waals surface area contributed by atoms with Gasteiger partial charge in [-0.2, -0.15) is 0 Å². The fraction of sp³-hybridized carbons (Fsp3) is 0.389. The Morgan fingerprint density at radius 1 is 1.31 bits per heavy atom. The summed E-state index contributed by atoms with van der Waals surface area (Å²) in [5.41, 5.74) is 1.67. The van der Waals surface area contributed by atoms with Crippen molar-refractivity contribution in [3.05, 3.63) is 45.4 Å². The molecule has 0 unspecified atom stereocenters. The zero-order chi connectivity index (χ0) is 18.7. The molecule has 0 bridgehead atoms. The van der Waals surface area contributed by atoms with Gasteiger partial charge in [0.25, 0.3) is 0 Å². The van der Waals surface area contributed by atoms with E-state index in [0.29, 0.717) is 28.8 Å². The number of ketones is 1. The van der Waals surface area contributed by atoms with E-state index >= 15 is 0 Å². The maximum atomic E-state index is 12.4. The highest BCUT2D eigenvalue weighted by molar-refractivity contribution is 7.15. The van der Waals surface area contributed by atoms with E-state index in [1.54, 1.807) is 24.3 Å². The number of thiazole rings is 1. The molecule has 2 heterocycles. The fourth-order valence-corrected chi connectivity index (χ4v) is 3.93. The van der Waals surface area contributed by atoms with E-state index in [9.17, 15) is 9.59 Å². The predicted molar refractivity (Wildman–Crippen MR) is 104 cm³/mol. The minimum atomic E-state index is -0.249. The molecule has 26 heavy (non-hydrogen) atoms. The molecule has 138 valence electrons. The normalized spacial score (nSPS) is 14.2. The number of fused-ring (bicyclic) bond motifs is 1. The van der Waals surface area contributed by atoms with E-state index in [0.717, 1.165) is 23.5 Å². The number of anilines is 1. The molecule has 1 aromatic carbocycles. The Morgan fingerprint density at radius 3 is 2.73 bits per heavy atom. The van der Waals surface area contributed by atoms with Crippen LogP contribution in [0.5, 0.6) is 0 Å². The lowest BCUT2D eigenvalue weighted by atomic mass is 10.1. The summed E-state index contributed by atoms with van der Waals surface area (Å²) in [6.45, 7) is 5.60. The first-order chi connectivity index (χ1) is 12.4. The van der Waals surface area contributed by atoms with E-state index in [1.165, 1.54) is 11.3 Å². The van der Waals surface area contributed by atoms with Crippen molar-refractivity contribution in [1.29, 1.82) is 0 Å². The van der Waals surface area contributed by atoms with E-state index in [4.69, 9.17) is 11.6 Å². The number of hydrogen-bond donors (Lipinski definition) is 2. The Kier molecular flexibility index (Phi) is 5.90. The van der Waals surface area contributed by atoms with Crippen molar-refractivity contribution in [2.24, 2.45) is 0 Å². The Bertz CT molecular complexity index is 804. The topological polar surface area (TPSA) is 74.3 Å². The van der Waals surface area contributed by atoms with Crippen molar-refractivity contribution in [3.63, 3.8) is 0 Å². The number of carbonyl (C=O) groups excluding carboxylic acids is 2. The third kappa shape index (κ3) is 4.81. The van der Waals surface area contributed by atoms with E-state index in [1.807, 2.05) is 13.8 Å². The summed E-state index contributed by atoms with van der Waals surface area (Å²) in [6, 6.07) is 6.78. The van der Waals surface area contributed by atoms with Crippen molar-refractivity contribution in [3.8, 4) is 0 Å². The van der Waals surface area contributed by atoms with Gasteiger partial charge in [-0.1, -0.05) is 11.6 Å². The van der Waals surface area contributed by atoms with E-state index in [-0.39, 0.29) is 17.9 Å². The number of carbonyl (C=O) groups is 2. The lowest BCUT2D eigenvalue weighted by Gasteiger charge is -2.25. The summed E-state index contributed by atoms with van der Waals surface area (Å²) < 4.78 is 0. The van der Waals surface area contributed by atoms with Crippen LogP contribution in [0, 0.1) is 0 Å². The number of rotatable bonds is 5. The molecule has 0 saturated carbocycles. The van der Waals surface area contributed by atoms with Gasteiger partial charge in [-0.05, 0) is 38.1 Å². The molecule has 1 aromatic heterocycles. The van der Waals surface area contributed by atoms with Gasteiger partial charge in [-0.25, -0.2) is 9.78 Å². The number of nitrogens with zero attached hydrogens (tertiary/aromatic N) is 2.